The second-order valence-electron chi connectivity index (χ2n) is 8.58. The minimum Gasteiger partial charge on any atom is -0.421 e. The molecule has 1 aromatic heterocycles. The maximum Gasteiger partial charge on any atom is 0.425 e. The van der Waals surface area contributed by atoms with Crippen molar-refractivity contribution in [1.82, 2.24) is 0 Å². The van der Waals surface area contributed by atoms with Crippen molar-refractivity contribution < 1.29 is 22.6 Å². The maximum absolute atomic E-state index is 15.3. The van der Waals surface area contributed by atoms with Gasteiger partial charge in [-0.3, -0.25) is 0 Å². The van der Waals surface area contributed by atoms with Crippen molar-refractivity contribution in [1.29, 1.82) is 0 Å². The summed E-state index contributed by atoms with van der Waals surface area (Å²) in [6, 6.07) is 12.7. The van der Waals surface area contributed by atoms with Gasteiger partial charge in [0.25, 0.3) is 0 Å². The molecule has 0 amide bonds. The van der Waals surface area contributed by atoms with Crippen LogP contribution >= 0.6 is 11.3 Å². The highest BCUT2D eigenvalue weighted by molar-refractivity contribution is 7.20. The van der Waals surface area contributed by atoms with Gasteiger partial charge in [-0.2, -0.15) is 8.78 Å². The number of hydrogen-bond acceptors (Lipinski definition) is 3. The standard InChI is InChI=1S/C26H29F3O2S/c1-3-5-17-7-10-19(11-8-17)21-13-12-20-15-23(32-25(20)24(21)27)31-26(28,29)22-14-9-18(6-4-2)16-30-22/h7-8,10-13,15,18,22H,3-6,9,14,16H2,1-2H3. The number of rotatable bonds is 8. The van der Waals surface area contributed by atoms with Gasteiger partial charge in [0.1, 0.15) is 5.82 Å². The molecular formula is C26H29F3O2S. The zero-order chi connectivity index (χ0) is 22.7. The second-order valence-corrected chi connectivity index (χ2v) is 9.59. The molecule has 1 saturated heterocycles. The minimum absolute atomic E-state index is 0.00127. The summed E-state index contributed by atoms with van der Waals surface area (Å²) in [6.07, 6.45) is 0.268. The number of benzene rings is 2. The van der Waals surface area contributed by atoms with Crippen LogP contribution in [-0.2, 0) is 11.2 Å². The van der Waals surface area contributed by atoms with Gasteiger partial charge < -0.3 is 9.47 Å². The van der Waals surface area contributed by atoms with Crippen molar-refractivity contribution in [2.24, 2.45) is 5.92 Å². The first-order chi connectivity index (χ1) is 15.4. The van der Waals surface area contributed by atoms with Gasteiger partial charge in [0, 0.05) is 5.56 Å². The number of aryl methyl sites for hydroxylation is 1. The Morgan fingerprint density at radius 1 is 1.06 bits per heavy atom. The zero-order valence-electron chi connectivity index (χ0n) is 18.5. The lowest BCUT2D eigenvalue weighted by atomic mass is 9.94. The van der Waals surface area contributed by atoms with Crippen molar-refractivity contribution in [3.8, 4) is 16.2 Å². The van der Waals surface area contributed by atoms with E-state index in [9.17, 15) is 8.78 Å². The van der Waals surface area contributed by atoms with Crippen LogP contribution in [0, 0.1) is 11.7 Å². The molecule has 1 fully saturated rings. The normalized spacial score (nSPS) is 19.4. The molecule has 0 aliphatic carbocycles. The third kappa shape index (κ3) is 4.96. The molecule has 0 bridgehead atoms. The Morgan fingerprint density at radius 3 is 2.50 bits per heavy atom. The smallest absolute Gasteiger partial charge is 0.421 e. The summed E-state index contributed by atoms with van der Waals surface area (Å²) in [6.45, 7) is 4.53. The first-order valence-corrected chi connectivity index (χ1v) is 12.2. The van der Waals surface area contributed by atoms with Crippen LogP contribution in [0.25, 0.3) is 21.2 Å². The summed E-state index contributed by atoms with van der Waals surface area (Å²) in [5, 5.41) is 0.552. The van der Waals surface area contributed by atoms with Crippen LogP contribution in [0.2, 0.25) is 0 Å². The number of alkyl halides is 2. The summed E-state index contributed by atoms with van der Waals surface area (Å²) in [5.74, 6) is -0.0786. The zero-order valence-corrected chi connectivity index (χ0v) is 19.3. The molecule has 0 N–H and O–H groups in total. The average Bonchev–Trinajstić information content (AvgIpc) is 3.18. The molecule has 2 heterocycles. The van der Waals surface area contributed by atoms with E-state index in [1.54, 1.807) is 12.1 Å². The van der Waals surface area contributed by atoms with E-state index >= 15 is 4.39 Å². The Morgan fingerprint density at radius 2 is 1.84 bits per heavy atom. The van der Waals surface area contributed by atoms with Crippen LogP contribution in [0.4, 0.5) is 13.2 Å². The molecule has 6 heteroatoms. The number of thiophene rings is 1. The van der Waals surface area contributed by atoms with Crippen LogP contribution in [0.3, 0.4) is 0 Å². The first-order valence-electron chi connectivity index (χ1n) is 11.4. The number of halogens is 3. The summed E-state index contributed by atoms with van der Waals surface area (Å²) < 4.78 is 55.6. The van der Waals surface area contributed by atoms with Crippen molar-refractivity contribution in [2.75, 3.05) is 6.61 Å². The highest BCUT2D eigenvalue weighted by Gasteiger charge is 2.45. The third-order valence-corrected chi connectivity index (χ3v) is 7.11. The molecule has 0 radical (unpaired) electrons. The van der Waals surface area contributed by atoms with Crippen LogP contribution in [0.15, 0.2) is 42.5 Å². The largest absolute Gasteiger partial charge is 0.425 e. The van der Waals surface area contributed by atoms with Crippen LogP contribution in [-0.4, -0.2) is 18.8 Å². The molecule has 2 nitrogen and oxygen atoms in total. The topological polar surface area (TPSA) is 18.5 Å². The first kappa shape index (κ1) is 23.1. The number of ether oxygens (including phenoxy) is 2. The molecular weight excluding hydrogens is 433 g/mol. The van der Waals surface area contributed by atoms with Gasteiger partial charge in [0.05, 0.1) is 11.3 Å². The Labute approximate surface area is 191 Å². The molecule has 3 aromatic rings. The van der Waals surface area contributed by atoms with E-state index < -0.39 is 18.0 Å². The molecule has 2 atom stereocenters. The van der Waals surface area contributed by atoms with Gasteiger partial charge in [-0.05, 0) is 54.2 Å². The molecule has 1 aliphatic rings. The van der Waals surface area contributed by atoms with Gasteiger partial charge in [-0.25, -0.2) is 4.39 Å². The summed E-state index contributed by atoms with van der Waals surface area (Å²) in [4.78, 5) is 0. The van der Waals surface area contributed by atoms with E-state index in [-0.39, 0.29) is 11.5 Å². The van der Waals surface area contributed by atoms with Crippen LogP contribution in [0.1, 0.15) is 51.5 Å². The number of fused-ring (bicyclic) bond motifs is 1. The van der Waals surface area contributed by atoms with E-state index in [0.717, 1.165) is 42.6 Å². The summed E-state index contributed by atoms with van der Waals surface area (Å²) >= 11 is 0.911. The lowest BCUT2D eigenvalue weighted by Gasteiger charge is -2.33. The number of hydrogen-bond donors (Lipinski definition) is 0. The predicted octanol–water partition coefficient (Wildman–Crippen LogP) is 8.23. The Kier molecular flexibility index (Phi) is 7.11. The van der Waals surface area contributed by atoms with E-state index in [0.29, 0.717) is 34.6 Å². The monoisotopic (exact) mass is 462 g/mol. The van der Waals surface area contributed by atoms with E-state index in [2.05, 4.69) is 13.8 Å². The predicted molar refractivity (Wildman–Crippen MR) is 124 cm³/mol. The molecule has 2 unspecified atom stereocenters. The van der Waals surface area contributed by atoms with Crippen LogP contribution < -0.4 is 4.74 Å². The molecule has 4 rings (SSSR count). The molecule has 32 heavy (non-hydrogen) atoms. The highest BCUT2D eigenvalue weighted by Crippen LogP contribution is 2.41. The fourth-order valence-electron chi connectivity index (χ4n) is 4.37. The molecule has 0 spiro atoms. The fourth-order valence-corrected chi connectivity index (χ4v) is 5.35. The lowest BCUT2D eigenvalue weighted by molar-refractivity contribution is -0.263. The van der Waals surface area contributed by atoms with Crippen molar-refractivity contribution >= 4 is 21.4 Å². The van der Waals surface area contributed by atoms with Gasteiger partial charge in [-0.1, -0.05) is 74.4 Å². The molecule has 2 aromatic carbocycles. The SMILES string of the molecule is CCCc1ccc(-c2ccc3cc(OC(F)(F)C4CCC(CCC)CO4)sc3c2F)cc1. The highest BCUT2D eigenvalue weighted by atomic mass is 32.1. The van der Waals surface area contributed by atoms with E-state index in [1.807, 2.05) is 24.3 Å². The quantitative estimate of drug-likeness (QED) is 0.336. The maximum atomic E-state index is 15.3. The Bertz CT molecular complexity index is 1040. The van der Waals surface area contributed by atoms with E-state index in [4.69, 9.17) is 9.47 Å². The van der Waals surface area contributed by atoms with Gasteiger partial charge in [0.2, 0.25) is 0 Å². The fraction of sp³-hybridized carbons (Fsp3) is 0.462. The summed E-state index contributed by atoms with van der Waals surface area (Å²) in [7, 11) is 0. The third-order valence-electron chi connectivity index (χ3n) is 6.09. The molecule has 1 aliphatic heterocycles. The Balaban J connectivity index is 1.52. The molecule has 172 valence electrons. The van der Waals surface area contributed by atoms with Crippen molar-refractivity contribution in [3.05, 3.63) is 53.8 Å². The second kappa shape index (κ2) is 9.84. The van der Waals surface area contributed by atoms with Crippen LogP contribution in [0.5, 0.6) is 5.06 Å². The van der Waals surface area contributed by atoms with Gasteiger partial charge in [-0.15, -0.1) is 0 Å². The van der Waals surface area contributed by atoms with Gasteiger partial charge >= 0.3 is 6.11 Å². The van der Waals surface area contributed by atoms with Gasteiger partial charge in [0.15, 0.2) is 11.2 Å². The molecule has 0 saturated carbocycles. The Hall–Kier alpha value is -2.05. The van der Waals surface area contributed by atoms with Crippen molar-refractivity contribution in [2.45, 2.75) is 64.6 Å². The minimum atomic E-state index is -3.45. The van der Waals surface area contributed by atoms with Crippen molar-refractivity contribution in [3.63, 3.8) is 0 Å². The summed E-state index contributed by atoms with van der Waals surface area (Å²) in [5.41, 5.74) is 2.43. The average molecular weight is 463 g/mol. The van der Waals surface area contributed by atoms with E-state index in [1.165, 1.54) is 11.6 Å². The lowest BCUT2D eigenvalue weighted by Crippen LogP contribution is -2.44.